The number of aromatic nitrogens is 1. The lowest BCUT2D eigenvalue weighted by atomic mass is 10.1. The first-order chi connectivity index (χ1) is 13.2. The van der Waals surface area contributed by atoms with E-state index < -0.39 is 0 Å². The number of aryl methyl sites for hydroxylation is 1. The maximum absolute atomic E-state index is 12.6. The molecule has 27 heavy (non-hydrogen) atoms. The van der Waals surface area contributed by atoms with Gasteiger partial charge in [-0.15, -0.1) is 0 Å². The van der Waals surface area contributed by atoms with E-state index >= 15 is 0 Å². The summed E-state index contributed by atoms with van der Waals surface area (Å²) in [5, 5.41) is 0. The first-order valence-electron chi connectivity index (χ1n) is 10.0. The summed E-state index contributed by atoms with van der Waals surface area (Å²) >= 11 is 0. The van der Waals surface area contributed by atoms with Crippen LogP contribution in [0.4, 0.5) is 11.4 Å². The molecule has 1 aromatic heterocycles. The number of hydrogen-bond acceptors (Lipinski definition) is 4. The number of anilines is 2. The zero-order valence-electron chi connectivity index (χ0n) is 16.1. The van der Waals surface area contributed by atoms with E-state index in [4.69, 9.17) is 0 Å². The molecule has 0 N–H and O–H groups in total. The third-order valence-electron chi connectivity index (χ3n) is 5.62. The van der Waals surface area contributed by atoms with Crippen molar-refractivity contribution in [1.29, 1.82) is 0 Å². The van der Waals surface area contributed by atoms with Crippen molar-refractivity contribution in [3.8, 4) is 0 Å². The SMILES string of the molecule is Cc1cccc(N2CCN(c3ccc(C(=O)N4CCCCC4)nc3)CC2)c1. The maximum Gasteiger partial charge on any atom is 0.272 e. The summed E-state index contributed by atoms with van der Waals surface area (Å²) < 4.78 is 0. The Kier molecular flexibility index (Phi) is 5.28. The first-order valence-corrected chi connectivity index (χ1v) is 10.0. The number of carbonyl (C=O) groups excluding carboxylic acids is 1. The molecule has 2 aromatic rings. The molecule has 0 spiro atoms. The van der Waals surface area contributed by atoms with Crippen LogP contribution in [0.1, 0.15) is 35.3 Å². The van der Waals surface area contributed by atoms with Gasteiger partial charge in [-0.1, -0.05) is 12.1 Å². The summed E-state index contributed by atoms with van der Waals surface area (Å²) in [7, 11) is 0. The zero-order chi connectivity index (χ0) is 18.6. The topological polar surface area (TPSA) is 39.7 Å². The number of hydrogen-bond donors (Lipinski definition) is 0. The van der Waals surface area contributed by atoms with Crippen molar-refractivity contribution in [3.63, 3.8) is 0 Å². The van der Waals surface area contributed by atoms with Crippen molar-refractivity contribution in [2.24, 2.45) is 0 Å². The fraction of sp³-hybridized carbons (Fsp3) is 0.455. The Morgan fingerprint density at radius 1 is 0.852 bits per heavy atom. The van der Waals surface area contributed by atoms with Crippen molar-refractivity contribution < 1.29 is 4.79 Å². The second-order valence-corrected chi connectivity index (χ2v) is 7.57. The highest BCUT2D eigenvalue weighted by Gasteiger charge is 2.21. The number of rotatable bonds is 3. The number of benzene rings is 1. The van der Waals surface area contributed by atoms with Crippen LogP contribution in [0.15, 0.2) is 42.6 Å². The molecular weight excluding hydrogens is 336 g/mol. The van der Waals surface area contributed by atoms with Gasteiger partial charge in [0, 0.05) is 45.0 Å². The Labute approximate surface area is 161 Å². The number of pyridine rings is 1. The van der Waals surface area contributed by atoms with Gasteiger partial charge in [0.25, 0.3) is 5.91 Å². The maximum atomic E-state index is 12.6. The number of carbonyl (C=O) groups is 1. The van der Waals surface area contributed by atoms with Gasteiger partial charge in [0.05, 0.1) is 11.9 Å². The number of nitrogens with zero attached hydrogens (tertiary/aromatic N) is 4. The van der Waals surface area contributed by atoms with Crippen molar-refractivity contribution in [2.75, 3.05) is 49.1 Å². The van der Waals surface area contributed by atoms with Gasteiger partial charge >= 0.3 is 0 Å². The predicted octanol–water partition coefficient (Wildman–Crippen LogP) is 3.34. The minimum absolute atomic E-state index is 0.0746. The largest absolute Gasteiger partial charge is 0.368 e. The van der Waals surface area contributed by atoms with Crippen molar-refractivity contribution in [3.05, 3.63) is 53.9 Å². The third kappa shape index (κ3) is 4.07. The van der Waals surface area contributed by atoms with Gasteiger partial charge in [0.1, 0.15) is 5.69 Å². The van der Waals surface area contributed by atoms with Gasteiger partial charge in [-0.05, 0) is 56.0 Å². The Morgan fingerprint density at radius 3 is 2.19 bits per heavy atom. The van der Waals surface area contributed by atoms with E-state index in [2.05, 4.69) is 46.0 Å². The summed E-state index contributed by atoms with van der Waals surface area (Å²) in [5.74, 6) is 0.0746. The lowest BCUT2D eigenvalue weighted by Gasteiger charge is -2.37. The minimum Gasteiger partial charge on any atom is -0.368 e. The molecule has 1 aromatic carbocycles. The molecule has 0 bridgehead atoms. The highest BCUT2D eigenvalue weighted by molar-refractivity contribution is 5.92. The van der Waals surface area contributed by atoms with Crippen LogP contribution in [0.25, 0.3) is 0 Å². The Morgan fingerprint density at radius 2 is 1.56 bits per heavy atom. The molecular formula is C22H28N4O. The number of piperidine rings is 1. The third-order valence-corrected chi connectivity index (χ3v) is 5.62. The van der Waals surface area contributed by atoms with Crippen LogP contribution in [0.2, 0.25) is 0 Å². The van der Waals surface area contributed by atoms with Crippen LogP contribution < -0.4 is 9.80 Å². The molecule has 0 unspecified atom stereocenters. The van der Waals surface area contributed by atoms with E-state index in [9.17, 15) is 4.79 Å². The van der Waals surface area contributed by atoms with Crippen LogP contribution in [-0.2, 0) is 0 Å². The lowest BCUT2D eigenvalue weighted by Crippen LogP contribution is -2.46. The molecule has 142 valence electrons. The second-order valence-electron chi connectivity index (χ2n) is 7.57. The summed E-state index contributed by atoms with van der Waals surface area (Å²) in [4.78, 5) is 23.8. The van der Waals surface area contributed by atoms with Gasteiger partial charge in [-0.2, -0.15) is 0 Å². The van der Waals surface area contributed by atoms with E-state index in [0.29, 0.717) is 5.69 Å². The van der Waals surface area contributed by atoms with Crippen molar-refractivity contribution >= 4 is 17.3 Å². The van der Waals surface area contributed by atoms with Gasteiger partial charge in [0.2, 0.25) is 0 Å². The van der Waals surface area contributed by atoms with Gasteiger partial charge in [-0.25, -0.2) is 4.98 Å². The first kappa shape index (κ1) is 17.8. The van der Waals surface area contributed by atoms with Crippen LogP contribution in [0, 0.1) is 6.92 Å². The Hall–Kier alpha value is -2.56. The molecule has 2 aliphatic heterocycles. The van der Waals surface area contributed by atoms with Gasteiger partial charge < -0.3 is 14.7 Å². The predicted molar refractivity (Wildman–Crippen MR) is 110 cm³/mol. The zero-order valence-corrected chi connectivity index (χ0v) is 16.1. The Bertz CT molecular complexity index is 775. The van der Waals surface area contributed by atoms with E-state index in [-0.39, 0.29) is 5.91 Å². The highest BCUT2D eigenvalue weighted by atomic mass is 16.2. The van der Waals surface area contributed by atoms with E-state index in [1.807, 2.05) is 23.2 Å². The molecule has 0 atom stereocenters. The number of piperazine rings is 1. The van der Waals surface area contributed by atoms with E-state index in [1.54, 1.807) is 0 Å². The standard InChI is InChI=1S/C22H28N4O/c1-18-6-5-7-19(16-18)24-12-14-25(15-13-24)20-8-9-21(23-17-20)22(27)26-10-3-2-4-11-26/h5-9,16-17H,2-4,10-15H2,1H3. The van der Waals surface area contributed by atoms with Gasteiger partial charge in [0.15, 0.2) is 0 Å². The van der Waals surface area contributed by atoms with E-state index in [1.165, 1.54) is 17.7 Å². The molecule has 0 saturated carbocycles. The number of amides is 1. The number of likely N-dealkylation sites (tertiary alicyclic amines) is 1. The lowest BCUT2D eigenvalue weighted by molar-refractivity contribution is 0.0718. The summed E-state index contributed by atoms with van der Waals surface area (Å²) in [6, 6.07) is 12.6. The molecule has 5 heteroatoms. The molecule has 2 saturated heterocycles. The monoisotopic (exact) mass is 364 g/mol. The van der Waals surface area contributed by atoms with Crippen LogP contribution in [0.5, 0.6) is 0 Å². The molecule has 2 fully saturated rings. The summed E-state index contributed by atoms with van der Waals surface area (Å²) in [6.45, 7) is 7.80. The highest BCUT2D eigenvalue weighted by Crippen LogP contribution is 2.21. The summed E-state index contributed by atoms with van der Waals surface area (Å²) in [5.41, 5.74) is 4.27. The molecule has 0 radical (unpaired) electrons. The Balaban J connectivity index is 1.36. The smallest absolute Gasteiger partial charge is 0.272 e. The van der Waals surface area contributed by atoms with Gasteiger partial charge in [-0.3, -0.25) is 4.79 Å². The van der Waals surface area contributed by atoms with Crippen LogP contribution in [0.3, 0.4) is 0 Å². The normalized spacial score (nSPS) is 17.9. The minimum atomic E-state index is 0.0746. The quantitative estimate of drug-likeness (QED) is 0.837. The van der Waals surface area contributed by atoms with Crippen LogP contribution >= 0.6 is 0 Å². The van der Waals surface area contributed by atoms with Crippen molar-refractivity contribution in [1.82, 2.24) is 9.88 Å². The average molecular weight is 364 g/mol. The molecule has 1 amide bonds. The average Bonchev–Trinajstić information content (AvgIpc) is 2.74. The van der Waals surface area contributed by atoms with Crippen LogP contribution in [-0.4, -0.2) is 55.1 Å². The van der Waals surface area contributed by atoms with Crippen molar-refractivity contribution in [2.45, 2.75) is 26.2 Å². The molecule has 3 heterocycles. The fourth-order valence-corrected chi connectivity index (χ4v) is 4.01. The van der Waals surface area contributed by atoms with E-state index in [0.717, 1.165) is 57.8 Å². The fourth-order valence-electron chi connectivity index (χ4n) is 4.01. The molecule has 0 aliphatic carbocycles. The second kappa shape index (κ2) is 7.99. The molecule has 2 aliphatic rings. The summed E-state index contributed by atoms with van der Waals surface area (Å²) in [6.07, 6.45) is 5.30. The molecule has 4 rings (SSSR count). The molecule has 5 nitrogen and oxygen atoms in total.